The molecule has 96 valence electrons. The molecule has 2 aromatic heterocycles. The van der Waals surface area contributed by atoms with E-state index in [1.165, 1.54) is 0 Å². The number of aromatic nitrogens is 3. The van der Waals surface area contributed by atoms with Crippen molar-refractivity contribution in [1.29, 1.82) is 0 Å². The van der Waals surface area contributed by atoms with Gasteiger partial charge in [-0.2, -0.15) is 0 Å². The number of nitrogens with one attached hydrogen (secondary N) is 1. The maximum atomic E-state index is 5.79. The van der Waals surface area contributed by atoms with E-state index in [4.69, 9.17) is 5.73 Å². The van der Waals surface area contributed by atoms with Crippen molar-refractivity contribution in [2.24, 2.45) is 0 Å². The van der Waals surface area contributed by atoms with E-state index in [2.05, 4.69) is 31.2 Å². The van der Waals surface area contributed by atoms with Crippen LogP contribution in [0.1, 0.15) is 5.56 Å². The fourth-order valence-electron chi connectivity index (χ4n) is 1.90. The average molecular weight is 318 g/mol. The van der Waals surface area contributed by atoms with E-state index in [-0.39, 0.29) is 0 Å². The zero-order chi connectivity index (χ0) is 13.4. The highest BCUT2D eigenvalue weighted by Gasteiger charge is 2.08. The lowest BCUT2D eigenvalue weighted by molar-refractivity contribution is 1.13. The van der Waals surface area contributed by atoms with Gasteiger partial charge in [-0.05, 0) is 40.5 Å². The molecule has 0 aliphatic carbocycles. The molecule has 3 aromatic rings. The van der Waals surface area contributed by atoms with Crippen molar-refractivity contribution in [3.8, 4) is 0 Å². The summed E-state index contributed by atoms with van der Waals surface area (Å²) < 4.78 is 2.81. The summed E-state index contributed by atoms with van der Waals surface area (Å²) in [6, 6.07) is 6.06. The first kappa shape index (κ1) is 12.0. The molecule has 0 saturated carbocycles. The van der Waals surface area contributed by atoms with E-state index < -0.39 is 0 Å². The SMILES string of the molecule is Cc1ccc(Br)c(Nc2nc(N)cn3ccnc23)c1. The maximum Gasteiger partial charge on any atom is 0.180 e. The van der Waals surface area contributed by atoms with Gasteiger partial charge in [0.15, 0.2) is 11.5 Å². The monoisotopic (exact) mass is 317 g/mol. The van der Waals surface area contributed by atoms with Gasteiger partial charge in [0.25, 0.3) is 0 Å². The number of fused-ring (bicyclic) bond motifs is 1. The smallest absolute Gasteiger partial charge is 0.180 e. The van der Waals surface area contributed by atoms with E-state index in [0.717, 1.165) is 21.4 Å². The second-order valence-electron chi connectivity index (χ2n) is 4.28. The minimum absolute atomic E-state index is 0.441. The van der Waals surface area contributed by atoms with Crippen LogP contribution >= 0.6 is 15.9 Å². The van der Waals surface area contributed by atoms with Crippen LogP contribution in [0.25, 0.3) is 5.65 Å². The minimum Gasteiger partial charge on any atom is -0.382 e. The van der Waals surface area contributed by atoms with E-state index in [1.54, 1.807) is 12.4 Å². The molecule has 3 rings (SSSR count). The zero-order valence-electron chi connectivity index (χ0n) is 10.3. The molecule has 1 aromatic carbocycles. The molecule has 3 N–H and O–H groups in total. The quantitative estimate of drug-likeness (QED) is 0.762. The van der Waals surface area contributed by atoms with Crippen molar-refractivity contribution in [3.63, 3.8) is 0 Å². The zero-order valence-corrected chi connectivity index (χ0v) is 11.8. The number of rotatable bonds is 2. The molecule has 0 bridgehead atoms. The third kappa shape index (κ3) is 2.26. The summed E-state index contributed by atoms with van der Waals surface area (Å²) in [4.78, 5) is 8.58. The third-order valence-electron chi connectivity index (χ3n) is 2.77. The number of halogens is 1. The van der Waals surface area contributed by atoms with Crippen molar-refractivity contribution in [2.45, 2.75) is 6.92 Å². The number of nitrogens with zero attached hydrogens (tertiary/aromatic N) is 3. The van der Waals surface area contributed by atoms with Gasteiger partial charge >= 0.3 is 0 Å². The third-order valence-corrected chi connectivity index (χ3v) is 3.46. The molecule has 19 heavy (non-hydrogen) atoms. The number of anilines is 3. The van der Waals surface area contributed by atoms with E-state index >= 15 is 0 Å². The molecule has 0 atom stereocenters. The van der Waals surface area contributed by atoms with Gasteiger partial charge < -0.3 is 15.5 Å². The molecule has 0 amide bonds. The first-order valence-corrected chi connectivity index (χ1v) is 6.55. The first-order chi connectivity index (χ1) is 9.13. The van der Waals surface area contributed by atoms with Crippen LogP contribution in [0.15, 0.2) is 41.3 Å². The largest absolute Gasteiger partial charge is 0.382 e. The normalized spacial score (nSPS) is 10.8. The Morgan fingerprint density at radius 2 is 2.21 bits per heavy atom. The fraction of sp³-hybridized carbons (Fsp3) is 0.0769. The number of benzene rings is 1. The van der Waals surface area contributed by atoms with E-state index in [1.807, 2.05) is 35.7 Å². The number of nitrogens with two attached hydrogens (primary N) is 1. The van der Waals surface area contributed by atoms with Crippen LogP contribution in [0, 0.1) is 6.92 Å². The van der Waals surface area contributed by atoms with Gasteiger partial charge in [0, 0.05) is 16.9 Å². The van der Waals surface area contributed by atoms with E-state index in [0.29, 0.717) is 11.6 Å². The Morgan fingerprint density at radius 1 is 1.37 bits per heavy atom. The number of aryl methyl sites for hydroxylation is 1. The summed E-state index contributed by atoms with van der Waals surface area (Å²) in [6.07, 6.45) is 5.29. The first-order valence-electron chi connectivity index (χ1n) is 5.76. The Morgan fingerprint density at radius 3 is 3.05 bits per heavy atom. The van der Waals surface area contributed by atoms with Gasteiger partial charge in [-0.3, -0.25) is 0 Å². The fourth-order valence-corrected chi connectivity index (χ4v) is 2.24. The van der Waals surface area contributed by atoms with Crippen LogP contribution in [-0.2, 0) is 0 Å². The summed E-state index contributed by atoms with van der Waals surface area (Å²) >= 11 is 3.51. The lowest BCUT2D eigenvalue weighted by atomic mass is 10.2. The molecule has 0 radical (unpaired) electrons. The van der Waals surface area contributed by atoms with E-state index in [9.17, 15) is 0 Å². The van der Waals surface area contributed by atoms with Gasteiger partial charge in [-0.25, -0.2) is 9.97 Å². The molecule has 0 fully saturated rings. The highest BCUT2D eigenvalue weighted by Crippen LogP contribution is 2.27. The molecular formula is C13H12BrN5. The van der Waals surface area contributed by atoms with Crippen LogP contribution in [0.3, 0.4) is 0 Å². The van der Waals surface area contributed by atoms with Gasteiger partial charge in [-0.15, -0.1) is 0 Å². The van der Waals surface area contributed by atoms with Crippen molar-refractivity contribution >= 4 is 38.9 Å². The molecule has 6 heteroatoms. The molecule has 0 saturated heterocycles. The topological polar surface area (TPSA) is 68.2 Å². The highest BCUT2D eigenvalue weighted by molar-refractivity contribution is 9.10. The number of hydrogen-bond acceptors (Lipinski definition) is 4. The second-order valence-corrected chi connectivity index (χ2v) is 5.14. The van der Waals surface area contributed by atoms with Crippen molar-refractivity contribution < 1.29 is 0 Å². The molecule has 0 aliphatic heterocycles. The highest BCUT2D eigenvalue weighted by atomic mass is 79.9. The molecular weight excluding hydrogens is 306 g/mol. The van der Waals surface area contributed by atoms with Gasteiger partial charge in [0.1, 0.15) is 5.82 Å². The second kappa shape index (κ2) is 4.55. The lowest BCUT2D eigenvalue weighted by Gasteiger charge is -2.10. The summed E-state index contributed by atoms with van der Waals surface area (Å²) in [6.45, 7) is 2.04. The Kier molecular flexibility index (Phi) is 2.87. The summed E-state index contributed by atoms with van der Waals surface area (Å²) in [7, 11) is 0. The Hall–Kier alpha value is -2.08. The Bertz CT molecular complexity index is 750. The van der Waals surface area contributed by atoms with Crippen LogP contribution in [0.5, 0.6) is 0 Å². The van der Waals surface area contributed by atoms with Crippen LogP contribution in [0.2, 0.25) is 0 Å². The van der Waals surface area contributed by atoms with Crippen molar-refractivity contribution in [1.82, 2.24) is 14.4 Å². The number of nitrogen functional groups attached to an aromatic ring is 1. The molecule has 0 unspecified atom stereocenters. The molecule has 5 nitrogen and oxygen atoms in total. The average Bonchev–Trinajstić information content (AvgIpc) is 2.82. The van der Waals surface area contributed by atoms with Crippen LogP contribution in [0.4, 0.5) is 17.3 Å². The maximum absolute atomic E-state index is 5.79. The van der Waals surface area contributed by atoms with Gasteiger partial charge in [0.05, 0.1) is 11.9 Å². The van der Waals surface area contributed by atoms with Crippen molar-refractivity contribution in [3.05, 3.63) is 46.8 Å². The minimum atomic E-state index is 0.441. The molecule has 0 spiro atoms. The van der Waals surface area contributed by atoms with Crippen LogP contribution in [-0.4, -0.2) is 14.4 Å². The molecule has 2 heterocycles. The Balaban J connectivity index is 2.10. The number of hydrogen-bond donors (Lipinski definition) is 2. The lowest BCUT2D eigenvalue weighted by Crippen LogP contribution is -2.02. The van der Waals surface area contributed by atoms with Gasteiger partial charge in [0.2, 0.25) is 0 Å². The predicted octanol–water partition coefficient (Wildman–Crippen LogP) is 3.13. The molecule has 0 aliphatic rings. The standard InChI is InChI=1S/C13H12BrN5/c1-8-2-3-9(14)10(6-8)17-12-13-16-4-5-19(13)7-11(15)18-12/h2-7H,15H2,1H3,(H,17,18). The number of imidazole rings is 1. The Labute approximate surface area is 118 Å². The van der Waals surface area contributed by atoms with Gasteiger partial charge in [-0.1, -0.05) is 6.07 Å². The van der Waals surface area contributed by atoms with Crippen molar-refractivity contribution in [2.75, 3.05) is 11.1 Å². The summed E-state index contributed by atoms with van der Waals surface area (Å²) in [5.74, 6) is 1.08. The predicted molar refractivity (Wildman–Crippen MR) is 79.6 cm³/mol. The van der Waals surface area contributed by atoms with Crippen LogP contribution < -0.4 is 11.1 Å². The summed E-state index contributed by atoms with van der Waals surface area (Å²) in [5.41, 5.74) is 8.63. The summed E-state index contributed by atoms with van der Waals surface area (Å²) in [5, 5.41) is 3.26.